The number of ether oxygens (including phenoxy) is 2. The van der Waals surface area contributed by atoms with Crippen molar-refractivity contribution in [1.82, 2.24) is 10.2 Å². The van der Waals surface area contributed by atoms with Gasteiger partial charge in [0.25, 0.3) is 0 Å². The number of rotatable bonds is 4. The predicted molar refractivity (Wildman–Crippen MR) is 84.6 cm³/mol. The fourth-order valence-corrected chi connectivity index (χ4v) is 4.06. The fourth-order valence-electron chi connectivity index (χ4n) is 4.06. The Hall–Kier alpha value is -0.160. The third-order valence-corrected chi connectivity index (χ3v) is 5.31. The van der Waals surface area contributed by atoms with Gasteiger partial charge in [0, 0.05) is 43.2 Å². The summed E-state index contributed by atoms with van der Waals surface area (Å²) in [4.78, 5) is 2.71. The summed E-state index contributed by atoms with van der Waals surface area (Å²) >= 11 is 0. The van der Waals surface area contributed by atoms with Crippen molar-refractivity contribution in [3.8, 4) is 0 Å². The number of nitrogens with one attached hydrogen (secondary N) is 1. The van der Waals surface area contributed by atoms with Gasteiger partial charge in [0.1, 0.15) is 0 Å². The molecule has 0 aromatic heterocycles. The first-order chi connectivity index (χ1) is 9.98. The van der Waals surface area contributed by atoms with E-state index in [-0.39, 0.29) is 11.0 Å². The van der Waals surface area contributed by atoms with Gasteiger partial charge in [0.15, 0.2) is 0 Å². The molecule has 2 heterocycles. The molecule has 3 aliphatic rings. The lowest BCUT2D eigenvalue weighted by Crippen LogP contribution is -2.55. The smallest absolute Gasteiger partial charge is 0.0730 e. The van der Waals surface area contributed by atoms with Gasteiger partial charge in [-0.15, -0.1) is 0 Å². The molecule has 0 radical (unpaired) electrons. The molecule has 21 heavy (non-hydrogen) atoms. The van der Waals surface area contributed by atoms with E-state index in [0.717, 1.165) is 32.9 Å². The van der Waals surface area contributed by atoms with Gasteiger partial charge in [-0.05, 0) is 46.5 Å². The predicted octanol–water partition coefficient (Wildman–Crippen LogP) is 2.03. The van der Waals surface area contributed by atoms with Crippen LogP contribution in [0.3, 0.4) is 0 Å². The highest BCUT2D eigenvalue weighted by Gasteiger charge is 2.42. The van der Waals surface area contributed by atoms with E-state index < -0.39 is 0 Å². The molecule has 1 saturated carbocycles. The van der Waals surface area contributed by atoms with Gasteiger partial charge >= 0.3 is 0 Å². The minimum atomic E-state index is 0.177. The van der Waals surface area contributed by atoms with E-state index in [4.69, 9.17) is 9.47 Å². The highest BCUT2D eigenvalue weighted by Crippen LogP contribution is 2.35. The molecule has 2 saturated heterocycles. The number of hydrogen-bond donors (Lipinski definition) is 1. The average Bonchev–Trinajstić information content (AvgIpc) is 3.05. The summed E-state index contributed by atoms with van der Waals surface area (Å²) in [5.74, 6) is 0. The first-order valence-corrected chi connectivity index (χ1v) is 8.66. The Bertz CT molecular complexity index is 347. The maximum Gasteiger partial charge on any atom is 0.0730 e. The zero-order chi connectivity index (χ0) is 14.9. The van der Waals surface area contributed by atoms with E-state index in [1.165, 1.54) is 32.2 Å². The molecule has 1 aliphatic carbocycles. The number of fused-ring (bicyclic) bond motifs is 1. The van der Waals surface area contributed by atoms with Crippen molar-refractivity contribution in [1.29, 1.82) is 0 Å². The molecule has 3 rings (SSSR count). The van der Waals surface area contributed by atoms with Crippen LogP contribution in [0.5, 0.6) is 0 Å². The Morgan fingerprint density at radius 3 is 2.81 bits per heavy atom. The first kappa shape index (κ1) is 15.7. The van der Waals surface area contributed by atoms with Crippen LogP contribution in [0.2, 0.25) is 0 Å². The van der Waals surface area contributed by atoms with Gasteiger partial charge in [0.2, 0.25) is 0 Å². The Morgan fingerprint density at radius 1 is 1.24 bits per heavy atom. The van der Waals surface area contributed by atoms with Crippen LogP contribution in [0.25, 0.3) is 0 Å². The van der Waals surface area contributed by atoms with Gasteiger partial charge in [-0.3, -0.25) is 4.90 Å². The number of nitrogens with zero attached hydrogens (tertiary/aromatic N) is 1. The molecule has 0 bridgehead atoms. The Kier molecular flexibility index (Phi) is 4.60. The minimum absolute atomic E-state index is 0.177. The van der Waals surface area contributed by atoms with Gasteiger partial charge in [-0.25, -0.2) is 0 Å². The summed E-state index contributed by atoms with van der Waals surface area (Å²) in [6, 6.07) is 0.658. The third-order valence-electron chi connectivity index (χ3n) is 5.31. The highest BCUT2D eigenvalue weighted by atomic mass is 16.5. The lowest BCUT2D eigenvalue weighted by molar-refractivity contribution is -0.0695. The van der Waals surface area contributed by atoms with Gasteiger partial charge in [-0.2, -0.15) is 0 Å². The zero-order valence-electron chi connectivity index (χ0n) is 14.0. The highest BCUT2D eigenvalue weighted by molar-refractivity contribution is 4.96. The second-order valence-electron chi connectivity index (χ2n) is 8.28. The van der Waals surface area contributed by atoms with Crippen LogP contribution < -0.4 is 5.32 Å². The van der Waals surface area contributed by atoms with E-state index in [1.807, 2.05) is 0 Å². The molecule has 0 spiro atoms. The van der Waals surface area contributed by atoms with E-state index in [9.17, 15) is 0 Å². The monoisotopic (exact) mass is 296 g/mol. The summed E-state index contributed by atoms with van der Waals surface area (Å²) in [7, 11) is 0. The lowest BCUT2D eigenvalue weighted by Gasteiger charge is -2.43. The molecule has 3 atom stereocenters. The first-order valence-electron chi connectivity index (χ1n) is 8.66. The fraction of sp³-hybridized carbons (Fsp3) is 1.00. The summed E-state index contributed by atoms with van der Waals surface area (Å²) in [6.45, 7) is 12.8. The Morgan fingerprint density at radius 2 is 2.10 bits per heavy atom. The van der Waals surface area contributed by atoms with E-state index >= 15 is 0 Å². The molecule has 2 aliphatic heterocycles. The van der Waals surface area contributed by atoms with Gasteiger partial charge in [-0.1, -0.05) is 0 Å². The Balaban J connectivity index is 1.64. The third kappa shape index (κ3) is 3.79. The lowest BCUT2D eigenvalue weighted by atomic mass is 9.84. The van der Waals surface area contributed by atoms with Crippen LogP contribution in [0.4, 0.5) is 0 Å². The number of morpholine rings is 1. The topological polar surface area (TPSA) is 33.7 Å². The SMILES string of the molecule is CC(C)(C)NCC1(CN2CCOC3CCCC32)CCOC1. The normalized spacial score (nSPS) is 37.9. The maximum atomic E-state index is 5.96. The van der Waals surface area contributed by atoms with Crippen molar-refractivity contribution in [2.75, 3.05) is 39.5 Å². The quantitative estimate of drug-likeness (QED) is 0.861. The average molecular weight is 296 g/mol. The van der Waals surface area contributed by atoms with Crippen LogP contribution in [-0.2, 0) is 9.47 Å². The Labute approximate surface area is 129 Å². The molecule has 3 fully saturated rings. The van der Waals surface area contributed by atoms with Crippen molar-refractivity contribution in [3.05, 3.63) is 0 Å². The van der Waals surface area contributed by atoms with Crippen LogP contribution >= 0.6 is 0 Å². The zero-order valence-corrected chi connectivity index (χ0v) is 14.0. The second-order valence-corrected chi connectivity index (χ2v) is 8.28. The minimum Gasteiger partial charge on any atom is -0.381 e. The van der Waals surface area contributed by atoms with E-state index in [0.29, 0.717) is 12.1 Å². The molecule has 4 heteroatoms. The maximum absolute atomic E-state index is 5.96. The largest absolute Gasteiger partial charge is 0.381 e. The second kappa shape index (κ2) is 6.15. The van der Waals surface area contributed by atoms with Crippen molar-refractivity contribution >= 4 is 0 Å². The van der Waals surface area contributed by atoms with Gasteiger partial charge in [0.05, 0.1) is 19.3 Å². The van der Waals surface area contributed by atoms with Crippen LogP contribution in [0, 0.1) is 5.41 Å². The molecule has 1 N–H and O–H groups in total. The van der Waals surface area contributed by atoms with Crippen molar-refractivity contribution in [3.63, 3.8) is 0 Å². The molecular weight excluding hydrogens is 264 g/mol. The standard InChI is InChI=1S/C17H32N2O2/c1-16(2,3)18-11-17(7-9-20-13-17)12-19-8-10-21-15-6-4-5-14(15)19/h14-15,18H,4-13H2,1-3H3. The van der Waals surface area contributed by atoms with Crippen molar-refractivity contribution in [2.24, 2.45) is 5.41 Å². The molecule has 4 nitrogen and oxygen atoms in total. The number of hydrogen-bond acceptors (Lipinski definition) is 4. The summed E-state index contributed by atoms with van der Waals surface area (Å²) < 4.78 is 11.7. The van der Waals surface area contributed by atoms with Crippen molar-refractivity contribution in [2.45, 2.75) is 64.1 Å². The molecule has 122 valence electrons. The molecule has 0 aromatic rings. The van der Waals surface area contributed by atoms with Gasteiger partial charge < -0.3 is 14.8 Å². The summed E-state index contributed by atoms with van der Waals surface area (Å²) in [5, 5.41) is 3.72. The van der Waals surface area contributed by atoms with Crippen LogP contribution in [0.15, 0.2) is 0 Å². The summed E-state index contributed by atoms with van der Waals surface area (Å²) in [6.07, 6.45) is 5.58. The molecule has 0 amide bonds. The van der Waals surface area contributed by atoms with Crippen molar-refractivity contribution < 1.29 is 9.47 Å². The molecule has 3 unspecified atom stereocenters. The van der Waals surface area contributed by atoms with Crippen LogP contribution in [0.1, 0.15) is 46.5 Å². The molecular formula is C17H32N2O2. The van der Waals surface area contributed by atoms with E-state index in [2.05, 4.69) is 31.0 Å². The van der Waals surface area contributed by atoms with Crippen LogP contribution in [-0.4, -0.2) is 62.0 Å². The summed E-state index contributed by atoms with van der Waals surface area (Å²) in [5.41, 5.74) is 0.467. The molecule has 0 aromatic carbocycles. The van der Waals surface area contributed by atoms with E-state index in [1.54, 1.807) is 0 Å².